The summed E-state index contributed by atoms with van der Waals surface area (Å²) in [5.74, 6) is 0. The molecule has 0 N–H and O–H groups in total. The van der Waals surface area contributed by atoms with E-state index in [1.54, 1.807) is 24.3 Å². The number of hydrogen-bond acceptors (Lipinski definition) is 9. The van der Waals surface area contributed by atoms with Crippen LogP contribution >= 0.6 is 0 Å². The molecule has 0 aliphatic rings. The molecule has 27 heavy (non-hydrogen) atoms. The van der Waals surface area contributed by atoms with E-state index in [1.807, 2.05) is 0 Å². The highest BCUT2D eigenvalue weighted by atomic mass is 16.5. The second kappa shape index (κ2) is 10.0. The minimum Gasteiger partial charge on any atom is -0.321 e. The molecule has 2 aromatic rings. The van der Waals surface area contributed by atoms with Gasteiger partial charge in [0.15, 0.2) is 12.5 Å². The topological polar surface area (TPSA) is 127 Å². The lowest BCUT2D eigenvalue weighted by Gasteiger charge is -2.19. The first-order valence-electron chi connectivity index (χ1n) is 7.38. The third-order valence-electron chi connectivity index (χ3n) is 3.34. The van der Waals surface area contributed by atoms with Crippen molar-refractivity contribution in [1.82, 2.24) is 0 Å². The van der Waals surface area contributed by atoms with Crippen molar-refractivity contribution >= 4 is 35.7 Å². The SMILES string of the molecule is O=C=Nc1ccccc1C(N=C=O)OC(N=C=O)c1ccccc1N=C=O. The Bertz CT molecular complexity index is 930. The third-order valence-corrected chi connectivity index (χ3v) is 3.34. The van der Waals surface area contributed by atoms with Gasteiger partial charge in [-0.15, -0.1) is 0 Å². The van der Waals surface area contributed by atoms with Gasteiger partial charge in [0, 0.05) is 11.1 Å². The van der Waals surface area contributed by atoms with Gasteiger partial charge < -0.3 is 4.74 Å². The molecule has 0 spiro atoms. The van der Waals surface area contributed by atoms with Gasteiger partial charge in [0.25, 0.3) is 0 Å². The van der Waals surface area contributed by atoms with Crippen molar-refractivity contribution in [2.45, 2.75) is 12.5 Å². The number of para-hydroxylation sites is 2. The van der Waals surface area contributed by atoms with Crippen LogP contribution in [0.1, 0.15) is 23.6 Å². The lowest BCUT2D eigenvalue weighted by Crippen LogP contribution is -2.08. The molecule has 132 valence electrons. The molecule has 0 radical (unpaired) electrons. The molecule has 0 saturated heterocycles. The average Bonchev–Trinajstić information content (AvgIpc) is 2.69. The summed E-state index contributed by atoms with van der Waals surface area (Å²) in [5.41, 5.74) is 0.799. The molecule has 2 rings (SSSR count). The predicted molar refractivity (Wildman–Crippen MR) is 91.3 cm³/mol. The number of ether oxygens (including phenoxy) is 1. The molecule has 0 aromatic heterocycles. The highest BCUT2D eigenvalue weighted by molar-refractivity contribution is 5.56. The highest BCUT2D eigenvalue weighted by Gasteiger charge is 2.23. The minimum absolute atomic E-state index is 0.157. The molecule has 9 nitrogen and oxygen atoms in total. The molecule has 0 saturated carbocycles. The quantitative estimate of drug-likeness (QED) is 0.527. The van der Waals surface area contributed by atoms with Gasteiger partial charge in [0.2, 0.25) is 24.3 Å². The second-order valence-electron chi connectivity index (χ2n) is 4.81. The largest absolute Gasteiger partial charge is 0.321 e. The number of rotatable bonds is 8. The summed E-state index contributed by atoms with van der Waals surface area (Å²) >= 11 is 0. The standard InChI is InChI=1S/C18H10N4O5/c23-9-19-15-7-3-1-5-13(15)17(21-11-25)27-18(22-12-26)14-6-2-4-8-16(14)20-10-24/h1-8,17-18H. The van der Waals surface area contributed by atoms with E-state index in [4.69, 9.17) is 4.74 Å². The third kappa shape index (κ3) is 4.95. The zero-order valence-electron chi connectivity index (χ0n) is 13.6. The molecule has 2 aromatic carbocycles. The van der Waals surface area contributed by atoms with Crippen LogP contribution in [0, 0.1) is 0 Å². The van der Waals surface area contributed by atoms with Crippen molar-refractivity contribution in [2.75, 3.05) is 0 Å². The van der Waals surface area contributed by atoms with Crippen LogP contribution in [0.15, 0.2) is 68.5 Å². The van der Waals surface area contributed by atoms with E-state index >= 15 is 0 Å². The smallest absolute Gasteiger partial charge is 0.240 e. The zero-order valence-corrected chi connectivity index (χ0v) is 13.6. The second-order valence-corrected chi connectivity index (χ2v) is 4.81. The van der Waals surface area contributed by atoms with E-state index in [9.17, 15) is 19.2 Å². The molecule has 0 heterocycles. The number of nitrogens with zero attached hydrogens (tertiary/aromatic N) is 4. The molecule has 0 aliphatic heterocycles. The molecule has 9 heteroatoms. The van der Waals surface area contributed by atoms with Gasteiger partial charge in [0.1, 0.15) is 0 Å². The van der Waals surface area contributed by atoms with E-state index in [-0.39, 0.29) is 22.5 Å². The fourth-order valence-electron chi connectivity index (χ4n) is 2.26. The Labute approximate surface area is 152 Å². The number of hydrogen-bond donors (Lipinski definition) is 0. The lowest BCUT2D eigenvalue weighted by atomic mass is 10.1. The van der Waals surface area contributed by atoms with Gasteiger partial charge in [-0.05, 0) is 12.1 Å². The van der Waals surface area contributed by atoms with Crippen molar-refractivity contribution < 1.29 is 23.9 Å². The molecule has 0 bridgehead atoms. The monoisotopic (exact) mass is 362 g/mol. The van der Waals surface area contributed by atoms with Gasteiger partial charge in [-0.1, -0.05) is 36.4 Å². The van der Waals surface area contributed by atoms with Crippen molar-refractivity contribution in [3.63, 3.8) is 0 Å². The van der Waals surface area contributed by atoms with Crippen LogP contribution in [0.5, 0.6) is 0 Å². The van der Waals surface area contributed by atoms with Crippen molar-refractivity contribution in [3.8, 4) is 0 Å². The first-order chi connectivity index (χ1) is 13.2. The molecule has 2 atom stereocenters. The average molecular weight is 362 g/mol. The van der Waals surface area contributed by atoms with Gasteiger partial charge in [0.05, 0.1) is 11.4 Å². The fraction of sp³-hybridized carbons (Fsp3) is 0.111. The Morgan fingerprint density at radius 3 is 1.41 bits per heavy atom. The molecule has 2 unspecified atom stereocenters. The molecule has 0 aliphatic carbocycles. The molecule has 0 fully saturated rings. The van der Waals surface area contributed by atoms with E-state index in [2.05, 4.69) is 20.0 Å². The Kier molecular flexibility index (Phi) is 7.15. The Morgan fingerprint density at radius 1 is 0.630 bits per heavy atom. The Morgan fingerprint density at radius 2 is 1.04 bits per heavy atom. The zero-order chi connectivity index (χ0) is 19.5. The number of carbonyl (C=O) groups excluding carboxylic acids is 4. The van der Waals surface area contributed by atoms with Crippen LogP contribution in [0.3, 0.4) is 0 Å². The highest BCUT2D eigenvalue weighted by Crippen LogP contribution is 2.36. The van der Waals surface area contributed by atoms with Gasteiger partial charge >= 0.3 is 0 Å². The van der Waals surface area contributed by atoms with Crippen LogP contribution in [0.2, 0.25) is 0 Å². The maximum Gasteiger partial charge on any atom is 0.240 e. The first-order valence-corrected chi connectivity index (χ1v) is 7.38. The minimum atomic E-state index is -1.30. The van der Waals surface area contributed by atoms with E-state index in [0.29, 0.717) is 0 Å². The van der Waals surface area contributed by atoms with E-state index in [1.165, 1.54) is 48.6 Å². The lowest BCUT2D eigenvalue weighted by molar-refractivity contribution is -0.00450. The number of benzene rings is 2. The summed E-state index contributed by atoms with van der Waals surface area (Å²) in [4.78, 5) is 57.1. The van der Waals surface area contributed by atoms with Crippen LogP contribution in [-0.4, -0.2) is 24.3 Å². The van der Waals surface area contributed by atoms with Crippen LogP contribution in [-0.2, 0) is 23.9 Å². The van der Waals surface area contributed by atoms with Gasteiger partial charge in [-0.25, -0.2) is 19.2 Å². The van der Waals surface area contributed by atoms with Crippen molar-refractivity contribution in [3.05, 3.63) is 59.7 Å². The Balaban J connectivity index is 2.53. The van der Waals surface area contributed by atoms with E-state index < -0.39 is 12.5 Å². The number of aliphatic imine (C=N–C) groups is 4. The van der Waals surface area contributed by atoms with Crippen LogP contribution < -0.4 is 0 Å². The summed E-state index contributed by atoms with van der Waals surface area (Å²) in [6.45, 7) is 0. The maximum absolute atomic E-state index is 10.8. The summed E-state index contributed by atoms with van der Waals surface area (Å²) in [5, 5.41) is 0. The summed E-state index contributed by atoms with van der Waals surface area (Å²) in [6, 6.07) is 12.4. The normalized spacial score (nSPS) is 11.6. The molecular formula is C18H10N4O5. The Hall–Kier alpha value is -4.08. The van der Waals surface area contributed by atoms with Crippen LogP contribution in [0.25, 0.3) is 0 Å². The van der Waals surface area contributed by atoms with Gasteiger partial charge in [-0.2, -0.15) is 20.0 Å². The first kappa shape index (κ1) is 19.2. The summed E-state index contributed by atoms with van der Waals surface area (Å²) < 4.78 is 5.64. The fourth-order valence-corrected chi connectivity index (χ4v) is 2.26. The summed E-state index contributed by atoms with van der Waals surface area (Å²) in [6.07, 6.45) is 2.90. The van der Waals surface area contributed by atoms with Crippen molar-refractivity contribution in [2.24, 2.45) is 20.0 Å². The van der Waals surface area contributed by atoms with E-state index in [0.717, 1.165) is 0 Å². The molecular weight excluding hydrogens is 352 g/mol. The summed E-state index contributed by atoms with van der Waals surface area (Å²) in [7, 11) is 0. The number of isocyanates is 4. The van der Waals surface area contributed by atoms with Crippen molar-refractivity contribution in [1.29, 1.82) is 0 Å². The van der Waals surface area contributed by atoms with Crippen LogP contribution in [0.4, 0.5) is 11.4 Å². The molecule has 0 amide bonds. The maximum atomic E-state index is 10.8. The predicted octanol–water partition coefficient (Wildman–Crippen LogP) is 3.01. The van der Waals surface area contributed by atoms with Gasteiger partial charge in [-0.3, -0.25) is 0 Å².